The summed E-state index contributed by atoms with van der Waals surface area (Å²) >= 11 is 1.53. The van der Waals surface area contributed by atoms with Crippen molar-refractivity contribution in [3.05, 3.63) is 52.5 Å². The van der Waals surface area contributed by atoms with Gasteiger partial charge in [0, 0.05) is 24.2 Å². The number of thiophene rings is 1. The van der Waals surface area contributed by atoms with Crippen LogP contribution in [0.15, 0.2) is 42.0 Å². The minimum absolute atomic E-state index is 0.108. The SMILES string of the molecule is CC(=O)N[C@@H](CC(=O)N[C@@H](C)c1cccnc1)c1cccs1. The Morgan fingerprint density at radius 2 is 2.09 bits per heavy atom. The lowest BCUT2D eigenvalue weighted by Gasteiger charge is -2.19. The van der Waals surface area contributed by atoms with Gasteiger partial charge in [0.1, 0.15) is 0 Å². The van der Waals surface area contributed by atoms with Crippen molar-refractivity contribution >= 4 is 23.2 Å². The molecule has 2 atom stereocenters. The average molecular weight is 317 g/mol. The summed E-state index contributed by atoms with van der Waals surface area (Å²) in [7, 11) is 0. The molecule has 2 aromatic heterocycles. The van der Waals surface area contributed by atoms with Gasteiger partial charge in [0.05, 0.1) is 18.5 Å². The molecule has 0 aliphatic rings. The molecule has 0 bridgehead atoms. The first-order chi connectivity index (χ1) is 10.6. The fourth-order valence-corrected chi connectivity index (χ4v) is 2.94. The van der Waals surface area contributed by atoms with E-state index in [9.17, 15) is 9.59 Å². The van der Waals surface area contributed by atoms with Crippen molar-refractivity contribution in [2.24, 2.45) is 0 Å². The van der Waals surface area contributed by atoms with Crippen LogP contribution in [0.1, 0.15) is 42.8 Å². The van der Waals surface area contributed by atoms with Crippen LogP contribution in [-0.2, 0) is 9.59 Å². The average Bonchev–Trinajstić information content (AvgIpc) is 3.01. The Balaban J connectivity index is 1.98. The quantitative estimate of drug-likeness (QED) is 0.860. The lowest BCUT2D eigenvalue weighted by atomic mass is 10.1. The van der Waals surface area contributed by atoms with Gasteiger partial charge in [-0.05, 0) is 30.0 Å². The van der Waals surface area contributed by atoms with Gasteiger partial charge < -0.3 is 10.6 Å². The Morgan fingerprint density at radius 3 is 2.68 bits per heavy atom. The zero-order chi connectivity index (χ0) is 15.9. The van der Waals surface area contributed by atoms with Crippen LogP contribution in [-0.4, -0.2) is 16.8 Å². The maximum absolute atomic E-state index is 12.2. The van der Waals surface area contributed by atoms with E-state index in [4.69, 9.17) is 0 Å². The van der Waals surface area contributed by atoms with E-state index >= 15 is 0 Å². The van der Waals surface area contributed by atoms with Crippen molar-refractivity contribution in [3.8, 4) is 0 Å². The number of carbonyl (C=O) groups excluding carboxylic acids is 2. The number of hydrogen-bond acceptors (Lipinski definition) is 4. The highest BCUT2D eigenvalue weighted by Gasteiger charge is 2.19. The molecule has 2 rings (SSSR count). The van der Waals surface area contributed by atoms with E-state index in [-0.39, 0.29) is 30.3 Å². The third-order valence-electron chi connectivity index (χ3n) is 3.22. The molecule has 0 saturated carbocycles. The number of pyridine rings is 1. The molecule has 0 fully saturated rings. The fourth-order valence-electron chi connectivity index (χ4n) is 2.16. The molecule has 0 spiro atoms. The van der Waals surface area contributed by atoms with Crippen molar-refractivity contribution in [2.45, 2.75) is 32.4 Å². The van der Waals surface area contributed by atoms with Crippen LogP contribution < -0.4 is 10.6 Å². The number of nitrogens with one attached hydrogen (secondary N) is 2. The highest BCUT2D eigenvalue weighted by atomic mass is 32.1. The summed E-state index contributed by atoms with van der Waals surface area (Å²) in [5.74, 6) is -0.255. The second-order valence-corrected chi connectivity index (χ2v) is 6.03. The van der Waals surface area contributed by atoms with Gasteiger partial charge in [0.15, 0.2) is 0 Å². The molecule has 2 N–H and O–H groups in total. The minimum Gasteiger partial charge on any atom is -0.349 e. The summed E-state index contributed by atoms with van der Waals surface area (Å²) in [5, 5.41) is 7.69. The van der Waals surface area contributed by atoms with Crippen LogP contribution in [0.3, 0.4) is 0 Å². The molecule has 2 heterocycles. The molecule has 0 aliphatic heterocycles. The second kappa shape index (κ2) is 7.70. The van der Waals surface area contributed by atoms with Gasteiger partial charge in [0.25, 0.3) is 0 Å². The predicted molar refractivity (Wildman–Crippen MR) is 86.3 cm³/mol. The molecule has 116 valence electrons. The molecule has 22 heavy (non-hydrogen) atoms. The van der Waals surface area contributed by atoms with E-state index in [0.717, 1.165) is 10.4 Å². The number of amides is 2. The maximum Gasteiger partial charge on any atom is 0.222 e. The fraction of sp³-hybridized carbons (Fsp3) is 0.312. The molecule has 0 radical (unpaired) electrons. The summed E-state index contributed by atoms with van der Waals surface area (Å²) in [6, 6.07) is 7.17. The number of aromatic nitrogens is 1. The largest absolute Gasteiger partial charge is 0.349 e. The van der Waals surface area contributed by atoms with E-state index in [1.807, 2.05) is 36.6 Å². The van der Waals surface area contributed by atoms with Crippen LogP contribution in [0, 0.1) is 0 Å². The highest BCUT2D eigenvalue weighted by molar-refractivity contribution is 7.10. The van der Waals surface area contributed by atoms with Crippen molar-refractivity contribution in [3.63, 3.8) is 0 Å². The lowest BCUT2D eigenvalue weighted by molar-refractivity contribution is -0.123. The van der Waals surface area contributed by atoms with Crippen LogP contribution in [0.2, 0.25) is 0 Å². The molecule has 2 amide bonds. The molecule has 0 aromatic carbocycles. The molecule has 2 aromatic rings. The third-order valence-corrected chi connectivity index (χ3v) is 4.20. The van der Waals surface area contributed by atoms with Crippen molar-refractivity contribution in [1.82, 2.24) is 15.6 Å². The van der Waals surface area contributed by atoms with Gasteiger partial charge in [0.2, 0.25) is 11.8 Å². The molecule has 6 heteroatoms. The summed E-state index contributed by atoms with van der Waals surface area (Å²) in [5.41, 5.74) is 0.947. The highest BCUT2D eigenvalue weighted by Crippen LogP contribution is 2.22. The topological polar surface area (TPSA) is 71.1 Å². The van der Waals surface area contributed by atoms with Crippen molar-refractivity contribution < 1.29 is 9.59 Å². The Hall–Kier alpha value is -2.21. The van der Waals surface area contributed by atoms with Crippen LogP contribution in [0.5, 0.6) is 0 Å². The second-order valence-electron chi connectivity index (χ2n) is 5.05. The molecule has 0 aliphatic carbocycles. The number of rotatable bonds is 6. The molecule has 5 nitrogen and oxygen atoms in total. The van der Waals surface area contributed by atoms with Gasteiger partial charge in [-0.3, -0.25) is 14.6 Å². The number of nitrogens with zero attached hydrogens (tertiary/aromatic N) is 1. The smallest absolute Gasteiger partial charge is 0.222 e. The van der Waals surface area contributed by atoms with Gasteiger partial charge in [-0.15, -0.1) is 11.3 Å². The van der Waals surface area contributed by atoms with Gasteiger partial charge >= 0.3 is 0 Å². The summed E-state index contributed by atoms with van der Waals surface area (Å²) in [6.45, 7) is 3.37. The van der Waals surface area contributed by atoms with Gasteiger partial charge in [-0.2, -0.15) is 0 Å². The molecular formula is C16H19N3O2S. The first kappa shape index (κ1) is 16.2. The van der Waals surface area contributed by atoms with E-state index in [1.54, 1.807) is 12.4 Å². The Bertz CT molecular complexity index is 614. The zero-order valence-corrected chi connectivity index (χ0v) is 13.4. The van der Waals surface area contributed by atoms with Crippen molar-refractivity contribution in [2.75, 3.05) is 0 Å². The normalized spacial score (nSPS) is 13.2. The number of hydrogen-bond donors (Lipinski definition) is 2. The molecule has 0 saturated heterocycles. The first-order valence-corrected chi connectivity index (χ1v) is 7.94. The molecular weight excluding hydrogens is 298 g/mol. The summed E-state index contributed by atoms with van der Waals surface area (Å²) in [6.07, 6.45) is 3.64. The summed E-state index contributed by atoms with van der Waals surface area (Å²) in [4.78, 5) is 28.6. The third kappa shape index (κ3) is 4.66. The monoisotopic (exact) mass is 317 g/mol. The molecule has 0 unspecified atom stereocenters. The van der Waals surface area contributed by atoms with Crippen LogP contribution in [0.4, 0.5) is 0 Å². The van der Waals surface area contributed by atoms with E-state index in [0.29, 0.717) is 0 Å². The van der Waals surface area contributed by atoms with Crippen molar-refractivity contribution in [1.29, 1.82) is 0 Å². The standard InChI is InChI=1S/C16H19N3O2S/c1-11(13-5-3-7-17-10-13)18-16(21)9-14(19-12(2)20)15-6-4-8-22-15/h3-8,10-11,14H,9H2,1-2H3,(H,18,21)(H,19,20)/t11-,14-/m0/s1. The van der Waals surface area contributed by atoms with E-state index < -0.39 is 0 Å². The Kier molecular flexibility index (Phi) is 5.66. The zero-order valence-electron chi connectivity index (χ0n) is 12.6. The van der Waals surface area contributed by atoms with E-state index in [2.05, 4.69) is 15.6 Å². The van der Waals surface area contributed by atoms with Crippen LogP contribution in [0.25, 0.3) is 0 Å². The van der Waals surface area contributed by atoms with E-state index in [1.165, 1.54) is 18.3 Å². The predicted octanol–water partition coefficient (Wildman–Crippen LogP) is 2.59. The van der Waals surface area contributed by atoms with Gasteiger partial charge in [-0.1, -0.05) is 12.1 Å². The minimum atomic E-state index is -0.293. The van der Waals surface area contributed by atoms with Crippen LogP contribution >= 0.6 is 11.3 Å². The first-order valence-electron chi connectivity index (χ1n) is 7.06. The number of carbonyl (C=O) groups is 2. The Morgan fingerprint density at radius 1 is 1.27 bits per heavy atom. The summed E-state index contributed by atoms with van der Waals surface area (Å²) < 4.78 is 0. The Labute approximate surface area is 133 Å². The lowest BCUT2D eigenvalue weighted by Crippen LogP contribution is -2.33. The maximum atomic E-state index is 12.2. The van der Waals surface area contributed by atoms with Gasteiger partial charge in [-0.25, -0.2) is 0 Å².